The summed E-state index contributed by atoms with van der Waals surface area (Å²) in [7, 11) is 0. The average molecular weight is 403 g/mol. The lowest BCUT2D eigenvalue weighted by molar-refractivity contribution is -0.0262. The van der Waals surface area contributed by atoms with E-state index in [0.29, 0.717) is 36.2 Å². The van der Waals surface area contributed by atoms with Crippen LogP contribution in [0.15, 0.2) is 12.3 Å². The van der Waals surface area contributed by atoms with Crippen LogP contribution < -0.4 is 9.80 Å². The van der Waals surface area contributed by atoms with Gasteiger partial charge in [0.2, 0.25) is 0 Å². The van der Waals surface area contributed by atoms with Crippen molar-refractivity contribution in [3.8, 4) is 0 Å². The molecule has 0 radical (unpaired) electrons. The molecule has 0 unspecified atom stereocenters. The van der Waals surface area contributed by atoms with Gasteiger partial charge in [0.1, 0.15) is 5.60 Å². The number of carbonyl (C=O) groups excluding carboxylic acids is 1. The number of hydrogen-bond acceptors (Lipinski definition) is 5. The number of hydrogen-bond donors (Lipinski definition) is 0. The minimum atomic E-state index is -2.68. The van der Waals surface area contributed by atoms with Crippen LogP contribution in [-0.4, -0.2) is 66.3 Å². The van der Waals surface area contributed by atoms with E-state index in [-0.39, 0.29) is 25.2 Å². The van der Waals surface area contributed by atoms with Crippen LogP contribution in [0.3, 0.4) is 0 Å². The van der Waals surface area contributed by atoms with E-state index in [0.717, 1.165) is 0 Å². The lowest BCUT2D eigenvalue weighted by Gasteiger charge is -2.44. The molecule has 0 N–H and O–H groups in total. The van der Waals surface area contributed by atoms with Crippen LogP contribution in [0.5, 0.6) is 0 Å². The summed E-state index contributed by atoms with van der Waals surface area (Å²) in [5, 5.41) is 0.407. The molecule has 0 aromatic carbocycles. The molecule has 1 aromatic rings. The van der Waals surface area contributed by atoms with Crippen LogP contribution in [0, 0.1) is 0 Å². The van der Waals surface area contributed by atoms with Gasteiger partial charge in [-0.1, -0.05) is 11.6 Å². The first-order chi connectivity index (χ1) is 12.5. The molecule has 0 saturated carbocycles. The highest BCUT2D eigenvalue weighted by molar-refractivity contribution is 6.30. The van der Waals surface area contributed by atoms with Gasteiger partial charge in [0.25, 0.3) is 5.92 Å². The lowest BCUT2D eigenvalue weighted by atomic mass is 10.1. The second kappa shape index (κ2) is 6.96. The maximum absolute atomic E-state index is 13.3. The molecule has 9 heteroatoms. The number of piperazine rings is 1. The Balaban J connectivity index is 1.73. The zero-order chi connectivity index (χ0) is 20.0. The van der Waals surface area contributed by atoms with E-state index < -0.39 is 11.5 Å². The summed E-state index contributed by atoms with van der Waals surface area (Å²) in [6, 6.07) is 1.57. The molecule has 27 heavy (non-hydrogen) atoms. The number of amides is 1. The lowest BCUT2D eigenvalue weighted by Crippen LogP contribution is -2.58. The van der Waals surface area contributed by atoms with Crippen molar-refractivity contribution in [1.82, 2.24) is 9.88 Å². The van der Waals surface area contributed by atoms with Gasteiger partial charge in [-0.2, -0.15) is 0 Å². The van der Waals surface area contributed by atoms with Crippen LogP contribution in [0.2, 0.25) is 5.02 Å². The van der Waals surface area contributed by atoms with E-state index in [1.165, 1.54) is 6.20 Å². The Bertz CT molecular complexity index is 718. The summed E-state index contributed by atoms with van der Waals surface area (Å²) < 4.78 is 32.1. The molecule has 2 aliphatic rings. The predicted molar refractivity (Wildman–Crippen MR) is 101 cm³/mol. The average Bonchev–Trinajstić information content (AvgIpc) is 2.50. The first kappa shape index (κ1) is 19.9. The molecular weight excluding hydrogens is 378 g/mol. The molecule has 150 valence electrons. The fourth-order valence-electron chi connectivity index (χ4n) is 3.32. The van der Waals surface area contributed by atoms with E-state index in [1.54, 1.807) is 15.9 Å². The number of carbonyl (C=O) groups is 1. The van der Waals surface area contributed by atoms with E-state index in [1.807, 2.05) is 32.6 Å². The van der Waals surface area contributed by atoms with Gasteiger partial charge in [-0.25, -0.2) is 18.6 Å². The van der Waals surface area contributed by atoms with Crippen molar-refractivity contribution in [3.05, 3.63) is 17.3 Å². The molecule has 1 aromatic heterocycles. The van der Waals surface area contributed by atoms with Gasteiger partial charge in [0.15, 0.2) is 5.82 Å². The van der Waals surface area contributed by atoms with E-state index >= 15 is 0 Å². The molecule has 2 aliphatic heterocycles. The van der Waals surface area contributed by atoms with Gasteiger partial charge >= 0.3 is 6.09 Å². The number of rotatable bonds is 2. The second-order valence-electron chi connectivity index (χ2n) is 8.18. The van der Waals surface area contributed by atoms with Crippen LogP contribution in [0.4, 0.5) is 25.1 Å². The Morgan fingerprint density at radius 3 is 2.52 bits per heavy atom. The van der Waals surface area contributed by atoms with Crippen molar-refractivity contribution in [2.24, 2.45) is 0 Å². The van der Waals surface area contributed by atoms with E-state index in [9.17, 15) is 13.6 Å². The number of anilines is 2. The van der Waals surface area contributed by atoms with Crippen molar-refractivity contribution in [3.63, 3.8) is 0 Å². The van der Waals surface area contributed by atoms with Crippen molar-refractivity contribution >= 4 is 29.2 Å². The summed E-state index contributed by atoms with van der Waals surface area (Å²) in [5.74, 6) is -2.06. The Labute approximate surface area is 163 Å². The van der Waals surface area contributed by atoms with E-state index in [4.69, 9.17) is 16.3 Å². The third-order valence-corrected chi connectivity index (χ3v) is 4.76. The van der Waals surface area contributed by atoms with Gasteiger partial charge < -0.3 is 19.4 Å². The van der Waals surface area contributed by atoms with Gasteiger partial charge in [-0.15, -0.1) is 0 Å². The molecule has 1 atom stereocenters. The maximum Gasteiger partial charge on any atom is 0.410 e. The molecule has 3 rings (SSSR count). The maximum atomic E-state index is 13.3. The largest absolute Gasteiger partial charge is 0.444 e. The number of ether oxygens (including phenoxy) is 1. The number of pyridine rings is 1. The van der Waals surface area contributed by atoms with E-state index in [2.05, 4.69) is 4.98 Å². The fourth-order valence-corrected chi connectivity index (χ4v) is 3.47. The fraction of sp³-hybridized carbons (Fsp3) is 0.667. The molecule has 2 saturated heterocycles. The number of aromatic nitrogens is 1. The van der Waals surface area contributed by atoms with Gasteiger partial charge in [-0.05, 0) is 33.8 Å². The normalized spacial score (nSPS) is 22.5. The van der Waals surface area contributed by atoms with Crippen molar-refractivity contribution < 1.29 is 18.3 Å². The summed E-state index contributed by atoms with van der Waals surface area (Å²) in [6.07, 6.45) is 1.17. The summed E-state index contributed by atoms with van der Waals surface area (Å²) in [5.41, 5.74) is 0.0491. The molecule has 6 nitrogen and oxygen atoms in total. The molecule has 0 bridgehead atoms. The Morgan fingerprint density at radius 2 is 1.96 bits per heavy atom. The highest BCUT2D eigenvalue weighted by atomic mass is 35.5. The first-order valence-electron chi connectivity index (χ1n) is 8.98. The summed E-state index contributed by atoms with van der Waals surface area (Å²) in [6.45, 7) is 8.29. The monoisotopic (exact) mass is 402 g/mol. The van der Waals surface area contributed by atoms with Crippen LogP contribution in [0.1, 0.15) is 27.7 Å². The highest BCUT2D eigenvalue weighted by Crippen LogP contribution is 2.38. The molecule has 2 fully saturated rings. The SMILES string of the molecule is C[C@@H]1CN(c2ncc(Cl)cc2N2CC(F)(F)C2)CCN1C(=O)OC(C)(C)C. The van der Waals surface area contributed by atoms with Gasteiger partial charge in [0, 0.05) is 31.9 Å². The summed E-state index contributed by atoms with van der Waals surface area (Å²) >= 11 is 6.04. The van der Waals surface area contributed by atoms with Crippen molar-refractivity contribution in [2.75, 3.05) is 42.5 Å². The van der Waals surface area contributed by atoms with Gasteiger partial charge in [-0.3, -0.25) is 0 Å². The first-order valence-corrected chi connectivity index (χ1v) is 9.36. The zero-order valence-corrected chi connectivity index (χ0v) is 16.8. The number of halogens is 3. The zero-order valence-electron chi connectivity index (χ0n) is 16.0. The molecule has 0 spiro atoms. The molecule has 1 amide bonds. The molecule has 3 heterocycles. The molecule has 0 aliphatic carbocycles. The standard InChI is InChI=1S/C18H25ClF2N4O2/c1-12-9-23(5-6-25(12)16(26)27-17(2,3)4)15-14(7-13(19)8-22-15)24-10-18(20,21)11-24/h7-8,12H,5-6,9-11H2,1-4H3/t12-/m1/s1. The number of alkyl halides is 2. The van der Waals surface area contributed by atoms with Crippen molar-refractivity contribution in [1.29, 1.82) is 0 Å². The predicted octanol–water partition coefficient (Wildman–Crippen LogP) is 3.64. The number of nitrogens with zero attached hydrogens (tertiary/aromatic N) is 4. The minimum Gasteiger partial charge on any atom is -0.444 e. The highest BCUT2D eigenvalue weighted by Gasteiger charge is 2.45. The van der Waals surface area contributed by atoms with Crippen LogP contribution in [-0.2, 0) is 4.74 Å². The van der Waals surface area contributed by atoms with Crippen LogP contribution in [0.25, 0.3) is 0 Å². The van der Waals surface area contributed by atoms with Crippen molar-refractivity contribution in [2.45, 2.75) is 45.3 Å². The smallest absolute Gasteiger partial charge is 0.410 e. The van der Waals surface area contributed by atoms with Crippen LogP contribution >= 0.6 is 11.6 Å². The quantitative estimate of drug-likeness (QED) is 0.756. The topological polar surface area (TPSA) is 48.9 Å². The second-order valence-corrected chi connectivity index (χ2v) is 8.61. The minimum absolute atomic E-state index is 0.100. The molecular formula is C18H25ClF2N4O2. The third-order valence-electron chi connectivity index (χ3n) is 4.55. The Hall–Kier alpha value is -1.83. The summed E-state index contributed by atoms with van der Waals surface area (Å²) in [4.78, 5) is 22.0. The Morgan fingerprint density at radius 1 is 1.30 bits per heavy atom. The Kier molecular flexibility index (Phi) is 5.14. The third kappa shape index (κ3) is 4.54. The van der Waals surface area contributed by atoms with Gasteiger partial charge in [0.05, 0.1) is 23.8 Å².